The molecule has 4 aromatic rings. The third kappa shape index (κ3) is 6.52. The Labute approximate surface area is 253 Å². The van der Waals surface area contributed by atoms with Crippen molar-refractivity contribution in [2.45, 2.75) is 56.7 Å². The molecule has 1 saturated heterocycles. The van der Waals surface area contributed by atoms with Crippen LogP contribution in [0.4, 0.5) is 0 Å². The van der Waals surface area contributed by atoms with Gasteiger partial charge in [0.15, 0.2) is 6.10 Å². The number of aromatic hydroxyl groups is 1. The maximum Gasteiger partial charge on any atom is 0.254 e. The molecule has 10 nitrogen and oxygen atoms in total. The van der Waals surface area contributed by atoms with Crippen LogP contribution in [0.1, 0.15) is 41.2 Å². The molecule has 5 rings (SSSR count). The number of rotatable bonds is 9. The van der Waals surface area contributed by atoms with Gasteiger partial charge in [0.2, 0.25) is 5.91 Å². The van der Waals surface area contributed by atoms with Gasteiger partial charge in [0.05, 0.1) is 29.5 Å². The number of phenolic OH excluding ortho intramolecular Hbond substituents is 1. The minimum absolute atomic E-state index is 0.0308. The number of aliphatic hydroxyl groups is 1. The summed E-state index contributed by atoms with van der Waals surface area (Å²) in [5.41, 5.74) is 3.08. The Morgan fingerprint density at radius 3 is 2.53 bits per heavy atom. The maximum atomic E-state index is 13.9. The summed E-state index contributed by atoms with van der Waals surface area (Å²) in [4.78, 5) is 49.8. The van der Waals surface area contributed by atoms with Crippen molar-refractivity contribution in [1.82, 2.24) is 25.5 Å². The molecule has 1 aliphatic heterocycles. The molecule has 1 fully saturated rings. The molecule has 43 heavy (non-hydrogen) atoms. The van der Waals surface area contributed by atoms with Crippen molar-refractivity contribution >= 4 is 40.5 Å². The molecular formula is C32H35N5O5S. The molecule has 11 heteroatoms. The predicted octanol–water partition coefficient (Wildman–Crippen LogP) is 3.28. The second-order valence-electron chi connectivity index (χ2n) is 11.2. The van der Waals surface area contributed by atoms with Gasteiger partial charge in [0, 0.05) is 15.9 Å². The minimum atomic E-state index is -1.64. The zero-order valence-corrected chi connectivity index (χ0v) is 25.0. The lowest BCUT2D eigenvalue weighted by atomic mass is 9.96. The Kier molecular flexibility index (Phi) is 8.74. The van der Waals surface area contributed by atoms with Crippen LogP contribution in [-0.2, 0) is 22.6 Å². The lowest BCUT2D eigenvalue weighted by molar-refractivity contribution is -0.147. The molecule has 1 aliphatic rings. The van der Waals surface area contributed by atoms with E-state index in [4.69, 9.17) is 0 Å². The van der Waals surface area contributed by atoms with E-state index in [9.17, 15) is 24.6 Å². The van der Waals surface area contributed by atoms with E-state index in [0.717, 1.165) is 16.6 Å². The molecule has 3 aromatic carbocycles. The summed E-state index contributed by atoms with van der Waals surface area (Å²) in [5, 5.41) is 27.3. The van der Waals surface area contributed by atoms with Gasteiger partial charge in [-0.15, -0.1) is 11.8 Å². The number of fused-ring (bicyclic) bond motifs is 1. The SMILES string of the molecule is Cc1c(O)cccc1C(=O)N[C@@H](Cc1ccccc1)[C@H](O)C(=O)N1CSC(C)(C)[C@H]1C(=O)NCc1nc2ccccc2[nH]1. The molecular weight excluding hydrogens is 566 g/mol. The van der Waals surface area contributed by atoms with Gasteiger partial charge in [0.25, 0.3) is 11.8 Å². The molecule has 224 valence electrons. The number of para-hydroxylation sites is 2. The first kappa shape index (κ1) is 30.1. The quantitative estimate of drug-likeness (QED) is 0.198. The number of imidazole rings is 1. The van der Waals surface area contributed by atoms with E-state index in [0.29, 0.717) is 11.4 Å². The summed E-state index contributed by atoms with van der Waals surface area (Å²) in [5.74, 6) is -0.799. The first-order valence-electron chi connectivity index (χ1n) is 14.0. The number of phenols is 1. The van der Waals surface area contributed by atoms with E-state index in [1.165, 1.54) is 22.7 Å². The first-order chi connectivity index (χ1) is 20.5. The smallest absolute Gasteiger partial charge is 0.254 e. The number of hydrogen-bond acceptors (Lipinski definition) is 7. The van der Waals surface area contributed by atoms with Crippen molar-refractivity contribution in [2.75, 3.05) is 5.88 Å². The molecule has 0 unspecified atom stereocenters. The van der Waals surface area contributed by atoms with Crippen LogP contribution in [0, 0.1) is 6.92 Å². The molecule has 3 atom stereocenters. The number of carbonyl (C=O) groups is 3. The Bertz CT molecular complexity index is 1610. The monoisotopic (exact) mass is 601 g/mol. The number of hydrogen-bond donors (Lipinski definition) is 5. The number of thioether (sulfide) groups is 1. The van der Waals surface area contributed by atoms with Crippen LogP contribution in [0.25, 0.3) is 11.0 Å². The van der Waals surface area contributed by atoms with E-state index in [2.05, 4.69) is 20.6 Å². The topological polar surface area (TPSA) is 148 Å². The standard InChI is InChI=1S/C32H35N5O5S/c1-19-21(12-9-15-25(19)38)29(40)36-24(16-20-10-5-4-6-11-20)27(39)31(42)37-18-43-32(2,3)28(37)30(41)33-17-26-34-22-13-7-8-14-23(22)35-26/h4-15,24,27-28,38-39H,16-18H2,1-3H3,(H,33,41)(H,34,35)(H,36,40)/t24-,27-,28+/m0/s1. The highest BCUT2D eigenvalue weighted by Crippen LogP contribution is 2.40. The number of aliphatic hydroxyl groups excluding tert-OH is 1. The van der Waals surface area contributed by atoms with Crippen molar-refractivity contribution in [3.8, 4) is 5.75 Å². The zero-order valence-electron chi connectivity index (χ0n) is 24.2. The molecule has 5 N–H and O–H groups in total. The molecule has 1 aromatic heterocycles. The maximum absolute atomic E-state index is 13.9. The third-order valence-electron chi connectivity index (χ3n) is 7.74. The molecule has 0 radical (unpaired) electrons. The predicted molar refractivity (Wildman–Crippen MR) is 165 cm³/mol. The third-order valence-corrected chi connectivity index (χ3v) is 9.12. The zero-order chi connectivity index (χ0) is 30.7. The lowest BCUT2D eigenvalue weighted by Gasteiger charge is -2.33. The Balaban J connectivity index is 1.35. The highest BCUT2D eigenvalue weighted by molar-refractivity contribution is 8.00. The van der Waals surface area contributed by atoms with Gasteiger partial charge in [0.1, 0.15) is 17.6 Å². The van der Waals surface area contributed by atoms with E-state index in [1.54, 1.807) is 19.1 Å². The largest absolute Gasteiger partial charge is 0.508 e. The normalized spacial score (nSPS) is 17.4. The molecule has 0 saturated carbocycles. The number of aromatic nitrogens is 2. The summed E-state index contributed by atoms with van der Waals surface area (Å²) in [7, 11) is 0. The van der Waals surface area contributed by atoms with Gasteiger partial charge in [-0.1, -0.05) is 48.5 Å². The number of benzene rings is 3. The molecule has 0 bridgehead atoms. The molecule has 0 aliphatic carbocycles. The van der Waals surface area contributed by atoms with E-state index in [-0.39, 0.29) is 36.1 Å². The molecule has 3 amide bonds. The van der Waals surface area contributed by atoms with Crippen LogP contribution < -0.4 is 10.6 Å². The molecule has 2 heterocycles. The fourth-order valence-electron chi connectivity index (χ4n) is 5.34. The van der Waals surface area contributed by atoms with E-state index >= 15 is 0 Å². The van der Waals surface area contributed by atoms with Gasteiger partial charge < -0.3 is 30.7 Å². The number of nitrogens with one attached hydrogen (secondary N) is 3. The van der Waals surface area contributed by atoms with Crippen molar-refractivity contribution in [1.29, 1.82) is 0 Å². The van der Waals surface area contributed by atoms with Crippen molar-refractivity contribution in [2.24, 2.45) is 0 Å². The van der Waals surface area contributed by atoms with Crippen molar-refractivity contribution < 1.29 is 24.6 Å². The summed E-state index contributed by atoms with van der Waals surface area (Å²) in [6, 6.07) is 19.5. The number of nitrogens with zero attached hydrogens (tertiary/aromatic N) is 2. The fourth-order valence-corrected chi connectivity index (χ4v) is 6.48. The van der Waals surface area contributed by atoms with Gasteiger partial charge >= 0.3 is 0 Å². The number of aromatic amines is 1. The Hall–Kier alpha value is -4.35. The van der Waals surface area contributed by atoms with Crippen LogP contribution in [-0.4, -0.2) is 71.6 Å². The highest BCUT2D eigenvalue weighted by Gasteiger charge is 2.49. The van der Waals surface area contributed by atoms with E-state index < -0.39 is 34.7 Å². The lowest BCUT2D eigenvalue weighted by Crippen LogP contribution is -2.58. The average Bonchev–Trinajstić information content (AvgIpc) is 3.56. The van der Waals surface area contributed by atoms with Gasteiger partial charge in [-0.05, 0) is 57.0 Å². The van der Waals surface area contributed by atoms with Crippen molar-refractivity contribution in [3.05, 3.63) is 95.3 Å². The number of amides is 3. The van der Waals surface area contributed by atoms with Crippen LogP contribution in [0.5, 0.6) is 5.75 Å². The number of carbonyl (C=O) groups excluding carboxylic acids is 3. The Morgan fingerprint density at radius 1 is 1.07 bits per heavy atom. The summed E-state index contributed by atoms with van der Waals surface area (Å²) in [6.45, 7) is 5.54. The Morgan fingerprint density at radius 2 is 1.79 bits per heavy atom. The van der Waals surface area contributed by atoms with Gasteiger partial charge in [-0.25, -0.2) is 4.98 Å². The fraction of sp³-hybridized carbons (Fsp3) is 0.312. The van der Waals surface area contributed by atoms with Gasteiger partial charge in [-0.3, -0.25) is 14.4 Å². The summed E-state index contributed by atoms with van der Waals surface area (Å²) in [6.07, 6.45) is -1.47. The van der Waals surface area contributed by atoms with Crippen LogP contribution in [0.2, 0.25) is 0 Å². The molecule has 0 spiro atoms. The van der Waals surface area contributed by atoms with Crippen LogP contribution in [0.3, 0.4) is 0 Å². The minimum Gasteiger partial charge on any atom is -0.508 e. The first-order valence-corrected chi connectivity index (χ1v) is 15.0. The average molecular weight is 602 g/mol. The van der Waals surface area contributed by atoms with Crippen molar-refractivity contribution in [3.63, 3.8) is 0 Å². The van der Waals surface area contributed by atoms with Gasteiger partial charge in [-0.2, -0.15) is 0 Å². The summed E-state index contributed by atoms with van der Waals surface area (Å²) < 4.78 is -0.635. The second kappa shape index (κ2) is 12.5. The van der Waals surface area contributed by atoms with Crippen LogP contribution >= 0.6 is 11.8 Å². The highest BCUT2D eigenvalue weighted by atomic mass is 32.2. The second-order valence-corrected chi connectivity index (χ2v) is 12.8. The van der Waals surface area contributed by atoms with E-state index in [1.807, 2.05) is 68.4 Å². The summed E-state index contributed by atoms with van der Waals surface area (Å²) >= 11 is 1.44. The van der Waals surface area contributed by atoms with Crippen LogP contribution in [0.15, 0.2) is 72.8 Å². The number of H-pyrrole nitrogens is 1.